The van der Waals surface area contributed by atoms with Crippen LogP contribution in [0.25, 0.3) is 0 Å². The monoisotopic (exact) mass is 292 g/mol. The highest BCUT2D eigenvalue weighted by Gasteiger charge is 2.31. The maximum atomic E-state index is 12.2. The van der Waals surface area contributed by atoms with Crippen LogP contribution < -0.4 is 5.32 Å². The normalized spacial score (nSPS) is 19.8. The van der Waals surface area contributed by atoms with Crippen LogP contribution in [0.3, 0.4) is 0 Å². The Labute approximate surface area is 121 Å². The third-order valence-electron chi connectivity index (χ3n) is 3.30. The lowest BCUT2D eigenvalue weighted by molar-refractivity contribution is -0.139. The van der Waals surface area contributed by atoms with Crippen LogP contribution >= 0.6 is 11.8 Å². The number of nitrogens with one attached hydrogen (secondary N) is 1. The fourth-order valence-electron chi connectivity index (χ4n) is 2.01. The predicted molar refractivity (Wildman–Crippen MR) is 76.7 cm³/mol. The van der Waals surface area contributed by atoms with E-state index in [9.17, 15) is 14.4 Å². The number of rotatable bonds is 4. The Morgan fingerprint density at radius 3 is 2.60 bits per heavy atom. The minimum Gasteiger partial charge on any atom is -0.294 e. The Hall–Kier alpha value is -1.66. The second kappa shape index (κ2) is 6.19. The maximum Gasteiger partial charge on any atom is 0.243 e. The van der Waals surface area contributed by atoms with Crippen LogP contribution in [-0.2, 0) is 9.59 Å². The molecule has 5 nitrogen and oxygen atoms in total. The van der Waals surface area contributed by atoms with Crippen LogP contribution in [0, 0.1) is 0 Å². The molecule has 0 saturated carbocycles. The maximum absolute atomic E-state index is 12.2. The number of hydrogen-bond donors (Lipinski definition) is 1. The fourth-order valence-corrected chi connectivity index (χ4v) is 2.42. The molecule has 1 aromatic carbocycles. The average Bonchev–Trinajstić information content (AvgIpc) is 2.44. The number of imide groups is 1. The number of amides is 2. The van der Waals surface area contributed by atoms with Gasteiger partial charge in [-0.15, -0.1) is 11.8 Å². The van der Waals surface area contributed by atoms with Gasteiger partial charge in [0.25, 0.3) is 0 Å². The lowest BCUT2D eigenvalue weighted by atomic mass is 10.1. The molecule has 2 amide bonds. The van der Waals surface area contributed by atoms with Gasteiger partial charge < -0.3 is 0 Å². The summed E-state index contributed by atoms with van der Waals surface area (Å²) in [4.78, 5) is 37.7. The van der Waals surface area contributed by atoms with E-state index in [1.54, 1.807) is 35.7 Å². The van der Waals surface area contributed by atoms with E-state index in [4.69, 9.17) is 0 Å². The third kappa shape index (κ3) is 3.26. The van der Waals surface area contributed by atoms with Crippen LogP contribution in [0.15, 0.2) is 29.2 Å². The van der Waals surface area contributed by atoms with Crippen LogP contribution in [0.1, 0.15) is 17.3 Å². The average molecular weight is 292 g/mol. The summed E-state index contributed by atoms with van der Waals surface area (Å²) in [5.74, 6) is -0.808. The minimum atomic E-state index is -0.470. The topological polar surface area (TPSA) is 66.5 Å². The first kappa shape index (κ1) is 14.7. The van der Waals surface area contributed by atoms with Crippen molar-refractivity contribution in [3.05, 3.63) is 29.8 Å². The molecule has 1 atom stereocenters. The first-order valence-electron chi connectivity index (χ1n) is 6.26. The van der Waals surface area contributed by atoms with Gasteiger partial charge in [0.05, 0.1) is 19.1 Å². The van der Waals surface area contributed by atoms with E-state index in [0.717, 1.165) is 4.90 Å². The molecule has 1 aliphatic heterocycles. The van der Waals surface area contributed by atoms with Gasteiger partial charge in [-0.3, -0.25) is 24.6 Å². The first-order chi connectivity index (χ1) is 9.51. The number of ketones is 1. The third-order valence-corrected chi connectivity index (χ3v) is 4.04. The highest BCUT2D eigenvalue weighted by atomic mass is 32.2. The number of benzene rings is 1. The highest BCUT2D eigenvalue weighted by molar-refractivity contribution is 7.98. The predicted octanol–water partition coefficient (Wildman–Crippen LogP) is 0.938. The molecule has 0 spiro atoms. The van der Waals surface area contributed by atoms with E-state index < -0.39 is 6.04 Å². The van der Waals surface area contributed by atoms with Gasteiger partial charge in [-0.25, -0.2) is 0 Å². The molecule has 1 saturated heterocycles. The van der Waals surface area contributed by atoms with Crippen molar-refractivity contribution in [1.82, 2.24) is 10.2 Å². The van der Waals surface area contributed by atoms with Gasteiger partial charge in [0.15, 0.2) is 5.78 Å². The van der Waals surface area contributed by atoms with Crippen LogP contribution in [-0.4, -0.2) is 47.9 Å². The molecule has 1 N–H and O–H groups in total. The summed E-state index contributed by atoms with van der Waals surface area (Å²) >= 11 is 1.61. The number of carbonyl (C=O) groups is 3. The van der Waals surface area contributed by atoms with Crippen molar-refractivity contribution in [1.29, 1.82) is 0 Å². The molecule has 0 radical (unpaired) electrons. The van der Waals surface area contributed by atoms with Gasteiger partial charge >= 0.3 is 0 Å². The standard InChI is InChI=1S/C14H16N2O3S/c1-9-14(19)15-13(18)8-16(9)7-12(17)10-3-5-11(20-2)6-4-10/h3-6,9H,7-8H2,1-2H3,(H,15,18,19). The van der Waals surface area contributed by atoms with E-state index in [-0.39, 0.29) is 30.7 Å². The summed E-state index contributed by atoms with van der Waals surface area (Å²) < 4.78 is 0. The second-order valence-corrected chi connectivity index (χ2v) is 5.52. The number of thioether (sulfide) groups is 1. The zero-order chi connectivity index (χ0) is 14.7. The number of nitrogens with zero attached hydrogens (tertiary/aromatic N) is 1. The summed E-state index contributed by atoms with van der Waals surface area (Å²) in [7, 11) is 0. The molecule has 1 unspecified atom stereocenters. The van der Waals surface area contributed by atoms with Gasteiger partial charge in [0.2, 0.25) is 11.8 Å². The lowest BCUT2D eigenvalue weighted by Gasteiger charge is -2.30. The number of hydrogen-bond acceptors (Lipinski definition) is 5. The number of piperazine rings is 1. The first-order valence-corrected chi connectivity index (χ1v) is 7.48. The summed E-state index contributed by atoms with van der Waals surface area (Å²) in [5, 5.41) is 2.25. The number of carbonyl (C=O) groups excluding carboxylic acids is 3. The molecule has 0 aromatic heterocycles. The minimum absolute atomic E-state index is 0.0684. The summed E-state index contributed by atoms with van der Waals surface area (Å²) in [6.07, 6.45) is 1.97. The van der Waals surface area contributed by atoms with Gasteiger partial charge in [0.1, 0.15) is 0 Å². The van der Waals surface area contributed by atoms with E-state index in [2.05, 4.69) is 5.32 Å². The van der Waals surface area contributed by atoms with Gasteiger partial charge in [-0.2, -0.15) is 0 Å². The van der Waals surface area contributed by atoms with E-state index in [1.165, 1.54) is 0 Å². The zero-order valence-electron chi connectivity index (χ0n) is 11.4. The van der Waals surface area contributed by atoms with Crippen molar-refractivity contribution >= 4 is 29.4 Å². The number of Topliss-reactive ketones (excluding diaryl/α,β-unsaturated/α-hetero) is 1. The quantitative estimate of drug-likeness (QED) is 0.508. The van der Waals surface area contributed by atoms with Gasteiger partial charge in [-0.05, 0) is 25.3 Å². The molecule has 0 bridgehead atoms. The smallest absolute Gasteiger partial charge is 0.243 e. The Morgan fingerprint density at radius 2 is 2.00 bits per heavy atom. The molecule has 106 valence electrons. The molecular formula is C14H16N2O3S. The molecule has 20 heavy (non-hydrogen) atoms. The van der Waals surface area contributed by atoms with E-state index in [1.807, 2.05) is 18.4 Å². The zero-order valence-corrected chi connectivity index (χ0v) is 12.2. The largest absolute Gasteiger partial charge is 0.294 e. The van der Waals surface area contributed by atoms with Crippen molar-refractivity contribution < 1.29 is 14.4 Å². The van der Waals surface area contributed by atoms with Crippen molar-refractivity contribution in [2.45, 2.75) is 17.9 Å². The molecule has 6 heteroatoms. The van der Waals surface area contributed by atoms with E-state index >= 15 is 0 Å². The van der Waals surface area contributed by atoms with Crippen LogP contribution in [0.2, 0.25) is 0 Å². The Morgan fingerprint density at radius 1 is 1.35 bits per heavy atom. The van der Waals surface area contributed by atoms with E-state index in [0.29, 0.717) is 5.56 Å². The van der Waals surface area contributed by atoms with Gasteiger partial charge in [0, 0.05) is 10.5 Å². The Balaban J connectivity index is 2.06. The fraction of sp³-hybridized carbons (Fsp3) is 0.357. The molecule has 1 aromatic rings. The molecule has 1 heterocycles. The van der Waals surface area contributed by atoms with Gasteiger partial charge in [-0.1, -0.05) is 12.1 Å². The summed E-state index contributed by atoms with van der Waals surface area (Å²) in [6, 6.07) is 6.84. The summed E-state index contributed by atoms with van der Waals surface area (Å²) in [5.41, 5.74) is 0.591. The second-order valence-electron chi connectivity index (χ2n) is 4.65. The summed E-state index contributed by atoms with van der Waals surface area (Å²) in [6.45, 7) is 1.83. The molecular weight excluding hydrogens is 276 g/mol. The molecule has 1 fully saturated rings. The lowest BCUT2D eigenvalue weighted by Crippen LogP contribution is -2.57. The Kier molecular flexibility index (Phi) is 4.57. The van der Waals surface area contributed by atoms with Crippen LogP contribution in [0.5, 0.6) is 0 Å². The molecule has 0 aliphatic carbocycles. The van der Waals surface area contributed by atoms with Crippen molar-refractivity contribution in [2.75, 3.05) is 19.3 Å². The Bertz CT molecular complexity index is 542. The highest BCUT2D eigenvalue weighted by Crippen LogP contribution is 2.16. The molecule has 1 aliphatic rings. The van der Waals surface area contributed by atoms with Crippen LogP contribution in [0.4, 0.5) is 0 Å². The SMILES string of the molecule is CSc1ccc(C(=O)CN2CC(=O)NC(=O)C2C)cc1. The van der Waals surface area contributed by atoms with Crippen molar-refractivity contribution in [3.8, 4) is 0 Å². The van der Waals surface area contributed by atoms with Crippen molar-refractivity contribution in [3.63, 3.8) is 0 Å². The molecule has 2 rings (SSSR count). The van der Waals surface area contributed by atoms with Crippen molar-refractivity contribution in [2.24, 2.45) is 0 Å².